The molecule has 6 nitrogen and oxygen atoms in total. The Hall–Kier alpha value is -2.50. The molecule has 0 atom stereocenters. The zero-order valence-electron chi connectivity index (χ0n) is 13.7. The van der Waals surface area contributed by atoms with Gasteiger partial charge >= 0.3 is 0 Å². The van der Waals surface area contributed by atoms with Crippen LogP contribution in [0.15, 0.2) is 18.2 Å². The molecule has 1 aliphatic heterocycles. The van der Waals surface area contributed by atoms with Gasteiger partial charge in [-0.2, -0.15) is 0 Å². The van der Waals surface area contributed by atoms with Crippen molar-refractivity contribution in [2.45, 2.75) is 26.3 Å². The maximum atomic E-state index is 11.7. The van der Waals surface area contributed by atoms with E-state index < -0.39 is 5.91 Å². The van der Waals surface area contributed by atoms with Crippen LogP contribution in [0.1, 0.15) is 29.4 Å². The Morgan fingerprint density at radius 3 is 2.70 bits per heavy atom. The van der Waals surface area contributed by atoms with Gasteiger partial charge in [0.25, 0.3) is 5.91 Å². The van der Waals surface area contributed by atoms with E-state index in [0.29, 0.717) is 18.0 Å². The summed E-state index contributed by atoms with van der Waals surface area (Å²) in [5, 5.41) is 0.988. The average molecular weight is 314 g/mol. The third-order valence-corrected chi connectivity index (χ3v) is 4.62. The Bertz CT molecular complexity index is 774. The highest BCUT2D eigenvalue weighted by molar-refractivity contribution is 6.08. The number of amides is 2. The summed E-state index contributed by atoms with van der Waals surface area (Å²) in [6.07, 6.45) is 0.547. The fraction of sp³-hybridized carbons (Fsp3) is 0.412. The van der Waals surface area contributed by atoms with Gasteiger partial charge in [-0.1, -0.05) is 6.92 Å². The maximum absolute atomic E-state index is 11.7. The topological polar surface area (TPSA) is 82.4 Å². The smallest absolute Gasteiger partial charge is 0.250 e. The Balaban J connectivity index is 1.90. The first-order chi connectivity index (χ1) is 10.9. The van der Waals surface area contributed by atoms with Crippen LogP contribution in [0.5, 0.6) is 0 Å². The van der Waals surface area contributed by atoms with E-state index >= 15 is 0 Å². The number of primary amides is 1. The minimum absolute atomic E-state index is 0.196. The summed E-state index contributed by atoms with van der Waals surface area (Å²) >= 11 is 0. The number of aromatic amines is 1. The molecule has 0 radical (unpaired) electrons. The van der Waals surface area contributed by atoms with Gasteiger partial charge in [-0.05, 0) is 25.1 Å². The summed E-state index contributed by atoms with van der Waals surface area (Å²) in [5.41, 5.74) is 8.77. The number of fused-ring (bicyclic) bond motifs is 1. The highest BCUT2D eigenvalue weighted by Crippen LogP contribution is 2.32. The van der Waals surface area contributed by atoms with Gasteiger partial charge in [0.2, 0.25) is 5.91 Å². The first-order valence-electron chi connectivity index (χ1n) is 7.85. The number of H-pyrrole nitrogens is 1. The number of rotatable bonds is 4. The SMILES string of the molecule is CCC(=O)N1CC(N(C)c2ccc(C(N)=O)c3[nH]c(C)cc23)C1. The van der Waals surface area contributed by atoms with Gasteiger partial charge in [-0.3, -0.25) is 9.59 Å². The lowest BCUT2D eigenvalue weighted by atomic mass is 10.0. The number of benzene rings is 1. The molecule has 0 aliphatic carbocycles. The molecule has 1 aromatic carbocycles. The van der Waals surface area contributed by atoms with Crippen LogP contribution < -0.4 is 10.6 Å². The molecule has 23 heavy (non-hydrogen) atoms. The van der Waals surface area contributed by atoms with Crippen molar-refractivity contribution in [2.75, 3.05) is 25.0 Å². The average Bonchev–Trinajstić information content (AvgIpc) is 2.84. The number of carbonyl (C=O) groups is 2. The van der Waals surface area contributed by atoms with Crippen LogP contribution in [0, 0.1) is 6.92 Å². The maximum Gasteiger partial charge on any atom is 0.250 e. The third-order valence-electron chi connectivity index (χ3n) is 4.62. The van der Waals surface area contributed by atoms with E-state index in [2.05, 4.69) is 9.88 Å². The molecular formula is C17H22N4O2. The largest absolute Gasteiger partial charge is 0.367 e. The summed E-state index contributed by atoms with van der Waals surface area (Å²) < 4.78 is 0. The van der Waals surface area contributed by atoms with Crippen LogP contribution in [-0.2, 0) is 4.79 Å². The molecule has 1 fully saturated rings. The fourth-order valence-electron chi connectivity index (χ4n) is 3.18. The number of aryl methyl sites for hydroxylation is 1. The van der Waals surface area contributed by atoms with Crippen LogP contribution in [0.2, 0.25) is 0 Å². The summed E-state index contributed by atoms with van der Waals surface area (Å²) in [7, 11) is 2.03. The second-order valence-corrected chi connectivity index (χ2v) is 6.15. The van der Waals surface area contributed by atoms with Crippen molar-refractivity contribution in [2.24, 2.45) is 5.73 Å². The molecule has 1 aliphatic rings. The van der Waals surface area contributed by atoms with E-state index in [1.807, 2.05) is 37.9 Å². The van der Waals surface area contributed by atoms with Gasteiger partial charge in [-0.25, -0.2) is 0 Å². The monoisotopic (exact) mass is 314 g/mol. The number of nitrogens with one attached hydrogen (secondary N) is 1. The normalized spacial score (nSPS) is 14.8. The van der Waals surface area contributed by atoms with Crippen molar-refractivity contribution < 1.29 is 9.59 Å². The zero-order valence-corrected chi connectivity index (χ0v) is 13.7. The van der Waals surface area contributed by atoms with Crippen LogP contribution in [0.25, 0.3) is 10.9 Å². The van der Waals surface area contributed by atoms with E-state index in [1.54, 1.807) is 6.07 Å². The number of nitrogens with zero attached hydrogens (tertiary/aromatic N) is 2. The number of aromatic nitrogens is 1. The molecule has 6 heteroatoms. The molecular weight excluding hydrogens is 292 g/mol. The van der Waals surface area contributed by atoms with Crippen molar-refractivity contribution in [3.05, 3.63) is 29.5 Å². The lowest BCUT2D eigenvalue weighted by Gasteiger charge is -2.45. The molecule has 3 N–H and O–H groups in total. The standard InChI is InChI=1S/C17H22N4O2/c1-4-15(22)21-8-11(9-21)20(3)14-6-5-12(17(18)23)16-13(14)7-10(2)19-16/h5-7,11,19H,4,8-9H2,1-3H3,(H2,18,23). The molecule has 122 valence electrons. The molecule has 1 aromatic heterocycles. The van der Waals surface area contributed by atoms with Crippen LogP contribution >= 0.6 is 0 Å². The lowest BCUT2D eigenvalue weighted by molar-refractivity contribution is -0.135. The predicted octanol–water partition coefficient (Wildman–Crippen LogP) is 1.63. The van der Waals surface area contributed by atoms with Gasteiger partial charge in [0, 0.05) is 43.3 Å². The molecule has 3 rings (SSSR count). The first-order valence-corrected chi connectivity index (χ1v) is 7.85. The van der Waals surface area contributed by atoms with E-state index in [0.717, 1.165) is 35.4 Å². The highest BCUT2D eigenvalue weighted by Gasteiger charge is 2.33. The molecule has 0 bridgehead atoms. The Morgan fingerprint density at radius 1 is 1.39 bits per heavy atom. The number of nitrogens with two attached hydrogens (primary N) is 1. The number of hydrogen-bond acceptors (Lipinski definition) is 3. The zero-order chi connectivity index (χ0) is 16.7. The van der Waals surface area contributed by atoms with E-state index in [9.17, 15) is 9.59 Å². The Kier molecular flexibility index (Phi) is 3.75. The van der Waals surface area contributed by atoms with E-state index in [1.165, 1.54) is 0 Å². The third kappa shape index (κ3) is 2.54. The Labute approximate surface area is 135 Å². The lowest BCUT2D eigenvalue weighted by Crippen LogP contribution is -2.60. The van der Waals surface area contributed by atoms with Crippen molar-refractivity contribution in [3.63, 3.8) is 0 Å². The van der Waals surface area contributed by atoms with Gasteiger partial charge in [0.15, 0.2) is 0 Å². The molecule has 0 spiro atoms. The number of likely N-dealkylation sites (N-methyl/N-ethyl adjacent to an activating group) is 1. The molecule has 2 aromatic rings. The number of hydrogen-bond donors (Lipinski definition) is 2. The molecule has 1 saturated heterocycles. The van der Waals surface area contributed by atoms with Crippen molar-refractivity contribution >= 4 is 28.4 Å². The predicted molar refractivity (Wildman–Crippen MR) is 90.6 cm³/mol. The molecule has 2 heterocycles. The van der Waals surface area contributed by atoms with Crippen LogP contribution in [-0.4, -0.2) is 47.9 Å². The number of likely N-dealkylation sites (tertiary alicyclic amines) is 1. The van der Waals surface area contributed by atoms with Crippen LogP contribution in [0.3, 0.4) is 0 Å². The second kappa shape index (κ2) is 5.61. The van der Waals surface area contributed by atoms with Gasteiger partial charge in [0.1, 0.15) is 0 Å². The molecule has 0 unspecified atom stereocenters. The van der Waals surface area contributed by atoms with Crippen molar-refractivity contribution in [3.8, 4) is 0 Å². The minimum Gasteiger partial charge on any atom is -0.367 e. The summed E-state index contributed by atoms with van der Waals surface area (Å²) in [4.78, 5) is 30.6. The minimum atomic E-state index is -0.436. The fourth-order valence-corrected chi connectivity index (χ4v) is 3.18. The number of anilines is 1. The summed E-state index contributed by atoms with van der Waals surface area (Å²) in [6, 6.07) is 6.02. The van der Waals surface area contributed by atoms with Crippen molar-refractivity contribution in [1.82, 2.24) is 9.88 Å². The van der Waals surface area contributed by atoms with E-state index in [4.69, 9.17) is 5.73 Å². The molecule has 0 saturated carbocycles. The Morgan fingerprint density at radius 2 is 2.09 bits per heavy atom. The van der Waals surface area contributed by atoms with Gasteiger partial charge in [0.05, 0.1) is 17.1 Å². The van der Waals surface area contributed by atoms with Gasteiger partial charge in [-0.15, -0.1) is 0 Å². The molecule has 2 amide bonds. The first kappa shape index (κ1) is 15.4. The summed E-state index contributed by atoms with van der Waals surface area (Å²) in [5.74, 6) is -0.240. The van der Waals surface area contributed by atoms with Gasteiger partial charge < -0.3 is 20.5 Å². The van der Waals surface area contributed by atoms with E-state index in [-0.39, 0.29) is 5.91 Å². The van der Waals surface area contributed by atoms with Crippen LogP contribution in [0.4, 0.5) is 5.69 Å². The highest BCUT2D eigenvalue weighted by atomic mass is 16.2. The van der Waals surface area contributed by atoms with Crippen molar-refractivity contribution in [1.29, 1.82) is 0 Å². The number of carbonyl (C=O) groups excluding carboxylic acids is 2. The quantitative estimate of drug-likeness (QED) is 0.900. The summed E-state index contributed by atoms with van der Waals surface area (Å²) in [6.45, 7) is 5.32. The second-order valence-electron chi connectivity index (χ2n) is 6.15.